The second kappa shape index (κ2) is 6.48. The van der Waals surface area contributed by atoms with E-state index in [1.807, 2.05) is 0 Å². The highest BCUT2D eigenvalue weighted by atomic mass is 16.4. The monoisotopic (exact) mass is 376 g/mol. The number of carboxylic acid groups (broad SMARTS) is 1. The molecule has 0 radical (unpaired) electrons. The quantitative estimate of drug-likeness (QED) is 0.647. The first-order chi connectivity index (χ1) is 13.4. The largest absolute Gasteiger partial charge is 0.476 e. The number of aliphatic hydroxyl groups is 1. The van der Waals surface area contributed by atoms with E-state index in [0.717, 1.165) is 0 Å². The van der Waals surface area contributed by atoms with E-state index in [1.165, 1.54) is 11.1 Å². The molecule has 1 aromatic carbocycles. The van der Waals surface area contributed by atoms with Crippen LogP contribution in [0.5, 0.6) is 0 Å². The van der Waals surface area contributed by atoms with Gasteiger partial charge in [0.2, 0.25) is 5.60 Å². The van der Waals surface area contributed by atoms with Gasteiger partial charge in [0.25, 0.3) is 5.91 Å². The molecule has 1 saturated heterocycles. The number of carbonyl (C=O) groups excluding carboxylic acids is 1. The number of hydrogen-bond donors (Lipinski definition) is 2. The first-order valence-electron chi connectivity index (χ1n) is 8.56. The molecule has 140 valence electrons. The van der Waals surface area contributed by atoms with E-state index < -0.39 is 17.5 Å². The number of likely N-dealkylation sites (tertiary alicyclic amines) is 1. The minimum atomic E-state index is -1.65. The molecule has 3 aromatic rings. The van der Waals surface area contributed by atoms with Crippen molar-refractivity contribution in [3.63, 3.8) is 0 Å². The molecule has 4 rings (SSSR count). The van der Waals surface area contributed by atoms with Gasteiger partial charge < -0.3 is 19.5 Å². The Balaban J connectivity index is 1.68. The molecule has 1 fully saturated rings. The van der Waals surface area contributed by atoms with Crippen LogP contribution in [-0.2, 0) is 4.79 Å². The van der Waals surface area contributed by atoms with Crippen LogP contribution in [0.2, 0.25) is 0 Å². The number of nitrogens with zero attached hydrogens (tertiary/aromatic N) is 4. The zero-order chi connectivity index (χ0) is 19.9. The average molecular weight is 376 g/mol. The van der Waals surface area contributed by atoms with Gasteiger partial charge in [-0.2, -0.15) is 0 Å². The number of hydrogen-bond acceptors (Lipinski definition) is 5. The summed E-state index contributed by atoms with van der Waals surface area (Å²) in [6, 6.07) is 6.95. The van der Waals surface area contributed by atoms with E-state index in [0.29, 0.717) is 29.0 Å². The zero-order valence-electron chi connectivity index (χ0n) is 15.0. The normalized spacial score (nSPS) is 18.9. The van der Waals surface area contributed by atoms with Crippen molar-refractivity contribution < 1.29 is 19.8 Å². The molecule has 0 aliphatic carbocycles. The summed E-state index contributed by atoms with van der Waals surface area (Å²) in [7, 11) is 1.63. The molecule has 0 unspecified atom stereocenters. The van der Waals surface area contributed by atoms with Gasteiger partial charge in [-0.15, -0.1) is 0 Å². The predicted molar refractivity (Wildman–Crippen MR) is 99.5 cm³/mol. The summed E-state index contributed by atoms with van der Waals surface area (Å²) >= 11 is 0. The summed E-state index contributed by atoms with van der Waals surface area (Å²) in [5, 5.41) is 19.6. The molecular formula is C20H16N4O4. The Hall–Kier alpha value is -3.70. The van der Waals surface area contributed by atoms with Crippen LogP contribution in [0.15, 0.2) is 42.9 Å². The van der Waals surface area contributed by atoms with Crippen molar-refractivity contribution in [2.75, 3.05) is 13.6 Å². The number of aromatic nitrogens is 3. The number of amides is 1. The third-order valence-electron chi connectivity index (χ3n) is 4.67. The molecule has 0 spiro atoms. The van der Waals surface area contributed by atoms with Crippen molar-refractivity contribution in [1.29, 1.82) is 0 Å². The summed E-state index contributed by atoms with van der Waals surface area (Å²) in [6.45, 7) is 0.467. The lowest BCUT2D eigenvalue weighted by atomic mass is 10.0. The van der Waals surface area contributed by atoms with Crippen LogP contribution in [-0.4, -0.2) is 60.6 Å². The first-order valence-corrected chi connectivity index (χ1v) is 8.56. The van der Waals surface area contributed by atoms with Crippen LogP contribution in [0.1, 0.15) is 22.5 Å². The molecule has 28 heavy (non-hydrogen) atoms. The van der Waals surface area contributed by atoms with Crippen LogP contribution < -0.4 is 0 Å². The lowest BCUT2D eigenvalue weighted by Crippen LogP contribution is -2.37. The van der Waals surface area contributed by atoms with Gasteiger partial charge in [0, 0.05) is 49.7 Å². The highest BCUT2D eigenvalue weighted by Crippen LogP contribution is 2.23. The maximum atomic E-state index is 12.0. The van der Waals surface area contributed by atoms with Gasteiger partial charge in [-0.3, -0.25) is 4.79 Å². The van der Waals surface area contributed by atoms with Crippen molar-refractivity contribution in [3.05, 3.63) is 54.1 Å². The SMILES string of the molecule is CN1CC[C@@](O)(C#Cc2ccc(-c3nc(C(=O)O)cn4ccnc34)cc2)C1=O. The van der Waals surface area contributed by atoms with Gasteiger partial charge in [-0.1, -0.05) is 24.0 Å². The molecule has 1 aliphatic heterocycles. The summed E-state index contributed by atoms with van der Waals surface area (Å²) < 4.78 is 1.61. The van der Waals surface area contributed by atoms with Crippen LogP contribution in [0, 0.1) is 11.8 Å². The molecule has 0 saturated carbocycles. The third-order valence-corrected chi connectivity index (χ3v) is 4.67. The Kier molecular flexibility index (Phi) is 4.09. The van der Waals surface area contributed by atoms with Crippen LogP contribution in [0.4, 0.5) is 0 Å². The zero-order valence-corrected chi connectivity index (χ0v) is 15.0. The molecule has 8 nitrogen and oxygen atoms in total. The topological polar surface area (TPSA) is 108 Å². The summed E-state index contributed by atoms with van der Waals surface area (Å²) in [6.07, 6.45) is 4.91. The third kappa shape index (κ3) is 2.98. The standard InChI is InChI=1S/C20H16N4O4/c1-23-10-8-20(28,19(23)27)7-6-13-2-4-14(5-3-13)16-17-21-9-11-24(17)12-15(22-16)18(25)26/h2-5,9,11-12,28H,8,10H2,1H3,(H,25,26)/t20-/m0/s1. The van der Waals surface area contributed by atoms with Crippen molar-refractivity contribution >= 4 is 17.5 Å². The summed E-state index contributed by atoms with van der Waals surface area (Å²) in [5.41, 5.74) is 0.546. The Morgan fingerprint density at radius 2 is 2.04 bits per heavy atom. The number of fused-ring (bicyclic) bond motifs is 1. The van der Waals surface area contributed by atoms with Crippen molar-refractivity contribution in [1.82, 2.24) is 19.3 Å². The Morgan fingerprint density at radius 1 is 1.29 bits per heavy atom. The molecule has 1 aliphatic rings. The van der Waals surface area contributed by atoms with Crippen LogP contribution in [0.25, 0.3) is 16.9 Å². The van der Waals surface area contributed by atoms with Crippen molar-refractivity contribution in [2.45, 2.75) is 12.0 Å². The first kappa shape index (κ1) is 17.7. The number of rotatable bonds is 2. The number of carboxylic acids is 1. The van der Waals surface area contributed by atoms with Gasteiger partial charge in [0.1, 0.15) is 5.69 Å². The van der Waals surface area contributed by atoms with E-state index in [1.54, 1.807) is 48.1 Å². The highest BCUT2D eigenvalue weighted by molar-refractivity contribution is 5.90. The number of benzene rings is 1. The Labute approximate surface area is 160 Å². The average Bonchev–Trinajstić information content (AvgIpc) is 3.27. The molecular weight excluding hydrogens is 360 g/mol. The molecule has 1 atom stereocenters. The Bertz CT molecular complexity index is 1160. The lowest BCUT2D eigenvalue weighted by molar-refractivity contribution is -0.137. The smallest absolute Gasteiger partial charge is 0.356 e. The molecule has 0 bridgehead atoms. The van der Waals surface area contributed by atoms with Crippen molar-refractivity contribution in [2.24, 2.45) is 0 Å². The maximum absolute atomic E-state index is 12.0. The number of aromatic carboxylic acids is 1. The van der Waals surface area contributed by atoms with Crippen LogP contribution >= 0.6 is 0 Å². The molecule has 1 amide bonds. The van der Waals surface area contributed by atoms with E-state index in [-0.39, 0.29) is 12.1 Å². The number of carbonyl (C=O) groups is 2. The summed E-state index contributed by atoms with van der Waals surface area (Å²) in [5.74, 6) is 3.98. The predicted octanol–water partition coefficient (Wildman–Crippen LogP) is 1.04. The van der Waals surface area contributed by atoms with E-state index in [2.05, 4.69) is 21.8 Å². The van der Waals surface area contributed by atoms with Gasteiger partial charge in [0.15, 0.2) is 11.3 Å². The fraction of sp³-hybridized carbons (Fsp3) is 0.200. The van der Waals surface area contributed by atoms with Gasteiger partial charge in [0.05, 0.1) is 0 Å². The lowest BCUT2D eigenvalue weighted by Gasteiger charge is -2.13. The fourth-order valence-corrected chi connectivity index (χ4v) is 3.09. The van der Waals surface area contributed by atoms with Gasteiger partial charge >= 0.3 is 5.97 Å². The summed E-state index contributed by atoms with van der Waals surface area (Å²) in [4.78, 5) is 33.2. The van der Waals surface area contributed by atoms with E-state index >= 15 is 0 Å². The second-order valence-corrected chi connectivity index (χ2v) is 6.60. The van der Waals surface area contributed by atoms with E-state index in [9.17, 15) is 19.8 Å². The molecule has 2 aromatic heterocycles. The molecule has 3 heterocycles. The Morgan fingerprint density at radius 3 is 2.68 bits per heavy atom. The van der Waals surface area contributed by atoms with Crippen molar-refractivity contribution in [3.8, 4) is 23.1 Å². The second-order valence-electron chi connectivity index (χ2n) is 6.60. The number of imidazole rings is 1. The number of likely N-dealkylation sites (N-methyl/N-ethyl adjacent to an activating group) is 1. The minimum Gasteiger partial charge on any atom is -0.476 e. The van der Waals surface area contributed by atoms with Crippen LogP contribution in [0.3, 0.4) is 0 Å². The minimum absolute atomic E-state index is 0.0875. The molecule has 2 N–H and O–H groups in total. The fourth-order valence-electron chi connectivity index (χ4n) is 3.09. The molecule has 8 heteroatoms. The maximum Gasteiger partial charge on any atom is 0.356 e. The highest BCUT2D eigenvalue weighted by Gasteiger charge is 2.42. The van der Waals surface area contributed by atoms with Gasteiger partial charge in [-0.25, -0.2) is 14.8 Å². The van der Waals surface area contributed by atoms with Gasteiger partial charge in [-0.05, 0) is 12.1 Å². The van der Waals surface area contributed by atoms with E-state index in [4.69, 9.17) is 0 Å².